The average molecular weight is 207 g/mol. The molecule has 15 heavy (non-hydrogen) atoms. The predicted octanol–water partition coefficient (Wildman–Crippen LogP) is 2.85. The molecule has 1 aromatic rings. The third-order valence-corrected chi connectivity index (χ3v) is 2.16. The molecule has 0 aliphatic rings. The summed E-state index contributed by atoms with van der Waals surface area (Å²) in [6, 6.07) is 3.38. The van der Waals surface area contributed by atoms with Crippen LogP contribution in [-0.2, 0) is 0 Å². The summed E-state index contributed by atoms with van der Waals surface area (Å²) < 4.78 is 5.58. The van der Waals surface area contributed by atoms with Crippen molar-refractivity contribution in [1.29, 1.82) is 0 Å². The van der Waals surface area contributed by atoms with Gasteiger partial charge in [0.25, 0.3) is 0 Å². The zero-order valence-electron chi connectivity index (χ0n) is 9.49. The van der Waals surface area contributed by atoms with Gasteiger partial charge >= 0.3 is 0 Å². The molecule has 0 aliphatic carbocycles. The SMILES string of the molecule is CCCC(C)Oc1cc(C(C)=O)ccn1. The number of ether oxygens (including phenoxy) is 1. The van der Waals surface area contributed by atoms with Gasteiger partial charge in [-0.25, -0.2) is 4.98 Å². The molecule has 0 aromatic carbocycles. The quantitative estimate of drug-likeness (QED) is 0.697. The maximum absolute atomic E-state index is 11.1. The lowest BCUT2D eigenvalue weighted by Crippen LogP contribution is -2.12. The molecule has 0 amide bonds. The second-order valence-electron chi connectivity index (χ2n) is 3.66. The second kappa shape index (κ2) is 5.49. The van der Waals surface area contributed by atoms with E-state index in [2.05, 4.69) is 11.9 Å². The predicted molar refractivity (Wildman–Crippen MR) is 59.2 cm³/mol. The van der Waals surface area contributed by atoms with Crippen LogP contribution in [0.25, 0.3) is 0 Å². The molecule has 3 heteroatoms. The highest BCUT2D eigenvalue weighted by molar-refractivity contribution is 5.94. The maximum atomic E-state index is 11.1. The molecule has 0 radical (unpaired) electrons. The highest BCUT2D eigenvalue weighted by Gasteiger charge is 2.06. The molecule has 0 N–H and O–H groups in total. The average Bonchev–Trinajstić information content (AvgIpc) is 2.18. The van der Waals surface area contributed by atoms with Gasteiger partial charge in [0.1, 0.15) is 0 Å². The summed E-state index contributed by atoms with van der Waals surface area (Å²) >= 11 is 0. The first-order valence-corrected chi connectivity index (χ1v) is 5.27. The van der Waals surface area contributed by atoms with Crippen molar-refractivity contribution < 1.29 is 9.53 Å². The van der Waals surface area contributed by atoms with Crippen molar-refractivity contribution in [3.05, 3.63) is 23.9 Å². The summed E-state index contributed by atoms with van der Waals surface area (Å²) in [4.78, 5) is 15.2. The minimum absolute atomic E-state index is 0.0328. The third kappa shape index (κ3) is 3.70. The Balaban J connectivity index is 2.69. The Morgan fingerprint density at radius 1 is 1.60 bits per heavy atom. The van der Waals surface area contributed by atoms with Crippen LogP contribution < -0.4 is 4.74 Å². The van der Waals surface area contributed by atoms with Crippen molar-refractivity contribution in [2.75, 3.05) is 0 Å². The largest absolute Gasteiger partial charge is 0.475 e. The van der Waals surface area contributed by atoms with Crippen molar-refractivity contribution in [3.8, 4) is 5.88 Å². The van der Waals surface area contributed by atoms with E-state index in [0.717, 1.165) is 12.8 Å². The molecule has 1 unspecified atom stereocenters. The van der Waals surface area contributed by atoms with Gasteiger partial charge < -0.3 is 4.74 Å². The third-order valence-electron chi connectivity index (χ3n) is 2.16. The molecule has 1 heterocycles. The number of Topliss-reactive ketones (excluding diaryl/α,β-unsaturated/α-hetero) is 1. The van der Waals surface area contributed by atoms with Gasteiger partial charge in [-0.05, 0) is 26.3 Å². The van der Waals surface area contributed by atoms with E-state index in [9.17, 15) is 4.79 Å². The highest BCUT2D eigenvalue weighted by Crippen LogP contribution is 2.13. The molecule has 0 fully saturated rings. The lowest BCUT2D eigenvalue weighted by Gasteiger charge is -2.12. The Bertz CT molecular complexity index is 336. The van der Waals surface area contributed by atoms with Crippen molar-refractivity contribution >= 4 is 5.78 Å². The number of rotatable bonds is 5. The van der Waals surface area contributed by atoms with Crippen molar-refractivity contribution in [1.82, 2.24) is 4.98 Å². The molecule has 3 nitrogen and oxygen atoms in total. The summed E-state index contributed by atoms with van der Waals surface area (Å²) in [5, 5.41) is 0. The second-order valence-corrected chi connectivity index (χ2v) is 3.66. The number of hydrogen-bond donors (Lipinski definition) is 0. The Hall–Kier alpha value is -1.38. The first-order valence-electron chi connectivity index (χ1n) is 5.27. The van der Waals surface area contributed by atoms with Crippen LogP contribution in [0.5, 0.6) is 5.88 Å². The summed E-state index contributed by atoms with van der Waals surface area (Å²) in [5.41, 5.74) is 0.642. The normalized spacial score (nSPS) is 12.2. The van der Waals surface area contributed by atoms with Crippen LogP contribution in [0.1, 0.15) is 44.0 Å². The van der Waals surface area contributed by atoms with Crippen molar-refractivity contribution in [2.45, 2.75) is 39.7 Å². The number of carbonyl (C=O) groups is 1. The molecule has 82 valence electrons. The lowest BCUT2D eigenvalue weighted by molar-refractivity contribution is 0.101. The molecule has 0 aliphatic heterocycles. The van der Waals surface area contributed by atoms with Gasteiger partial charge in [-0.3, -0.25) is 4.79 Å². The van der Waals surface area contributed by atoms with E-state index >= 15 is 0 Å². The van der Waals surface area contributed by atoms with E-state index in [1.165, 1.54) is 6.92 Å². The molecule has 1 atom stereocenters. The molecule has 0 saturated heterocycles. The number of hydrogen-bond acceptors (Lipinski definition) is 3. The van der Waals surface area contributed by atoms with Crippen LogP contribution in [-0.4, -0.2) is 16.9 Å². The fourth-order valence-electron chi connectivity index (χ4n) is 1.36. The van der Waals surface area contributed by atoms with Gasteiger partial charge in [0.2, 0.25) is 5.88 Å². The van der Waals surface area contributed by atoms with Crippen LogP contribution >= 0.6 is 0 Å². The Morgan fingerprint density at radius 3 is 2.93 bits per heavy atom. The van der Waals surface area contributed by atoms with E-state index in [1.807, 2.05) is 6.92 Å². The fourth-order valence-corrected chi connectivity index (χ4v) is 1.36. The maximum Gasteiger partial charge on any atom is 0.214 e. The van der Waals surface area contributed by atoms with E-state index < -0.39 is 0 Å². The zero-order chi connectivity index (χ0) is 11.3. The topological polar surface area (TPSA) is 39.2 Å². The zero-order valence-corrected chi connectivity index (χ0v) is 9.49. The standard InChI is InChI=1S/C12H17NO2/c1-4-5-9(2)15-12-8-11(10(3)14)6-7-13-12/h6-9H,4-5H2,1-3H3. The fraction of sp³-hybridized carbons (Fsp3) is 0.500. The van der Waals surface area contributed by atoms with Gasteiger partial charge in [-0.15, -0.1) is 0 Å². The minimum Gasteiger partial charge on any atom is -0.475 e. The van der Waals surface area contributed by atoms with Crippen LogP contribution in [0.2, 0.25) is 0 Å². The molecule has 1 aromatic heterocycles. The molecular weight excluding hydrogens is 190 g/mol. The van der Waals surface area contributed by atoms with Crippen LogP contribution in [0.4, 0.5) is 0 Å². The van der Waals surface area contributed by atoms with E-state index in [4.69, 9.17) is 4.74 Å². The van der Waals surface area contributed by atoms with Crippen LogP contribution in [0.15, 0.2) is 18.3 Å². The van der Waals surface area contributed by atoms with Gasteiger partial charge in [0, 0.05) is 17.8 Å². The first kappa shape index (κ1) is 11.7. The van der Waals surface area contributed by atoms with E-state index in [0.29, 0.717) is 11.4 Å². The smallest absolute Gasteiger partial charge is 0.214 e. The lowest BCUT2D eigenvalue weighted by atomic mass is 10.2. The number of pyridine rings is 1. The first-order chi connectivity index (χ1) is 7.13. The number of nitrogens with zero attached hydrogens (tertiary/aromatic N) is 1. The van der Waals surface area contributed by atoms with Gasteiger partial charge in [-0.2, -0.15) is 0 Å². The summed E-state index contributed by atoms with van der Waals surface area (Å²) in [6.07, 6.45) is 3.81. The Kier molecular flexibility index (Phi) is 4.28. The van der Waals surface area contributed by atoms with Gasteiger partial charge in [0.15, 0.2) is 5.78 Å². The van der Waals surface area contributed by atoms with Gasteiger partial charge in [-0.1, -0.05) is 13.3 Å². The van der Waals surface area contributed by atoms with Crippen LogP contribution in [0.3, 0.4) is 0 Å². The molecule has 1 rings (SSSR count). The summed E-state index contributed by atoms with van der Waals surface area (Å²) in [5.74, 6) is 0.564. The number of aromatic nitrogens is 1. The summed E-state index contributed by atoms with van der Waals surface area (Å²) in [6.45, 7) is 5.65. The van der Waals surface area contributed by atoms with Gasteiger partial charge in [0.05, 0.1) is 6.10 Å². The monoisotopic (exact) mass is 207 g/mol. The molecule has 0 bridgehead atoms. The summed E-state index contributed by atoms with van der Waals surface area (Å²) in [7, 11) is 0. The van der Waals surface area contributed by atoms with Crippen molar-refractivity contribution in [3.63, 3.8) is 0 Å². The van der Waals surface area contributed by atoms with Crippen LogP contribution in [0, 0.1) is 0 Å². The Morgan fingerprint density at radius 2 is 2.33 bits per heavy atom. The highest BCUT2D eigenvalue weighted by atomic mass is 16.5. The van der Waals surface area contributed by atoms with Crippen molar-refractivity contribution in [2.24, 2.45) is 0 Å². The minimum atomic E-state index is 0.0328. The van der Waals surface area contributed by atoms with E-state index in [1.54, 1.807) is 18.3 Å². The molecular formula is C12H17NO2. The molecule has 0 spiro atoms. The number of ketones is 1. The number of carbonyl (C=O) groups excluding carboxylic acids is 1. The van der Waals surface area contributed by atoms with E-state index in [-0.39, 0.29) is 11.9 Å². The molecule has 0 saturated carbocycles. The Labute approximate surface area is 90.5 Å².